The SMILES string of the molecule is CNC(CSc1ccccc1C)C1CCC(C)C(C)C1. The van der Waals surface area contributed by atoms with Gasteiger partial charge >= 0.3 is 0 Å². The summed E-state index contributed by atoms with van der Waals surface area (Å²) in [6.07, 6.45) is 4.19. The van der Waals surface area contributed by atoms with Crippen LogP contribution in [0.15, 0.2) is 29.2 Å². The molecule has 0 heterocycles. The van der Waals surface area contributed by atoms with Crippen LogP contribution in [0, 0.1) is 24.7 Å². The van der Waals surface area contributed by atoms with Gasteiger partial charge < -0.3 is 5.32 Å². The molecular weight excluding hydrogens is 262 g/mol. The van der Waals surface area contributed by atoms with Crippen LogP contribution in [0.3, 0.4) is 0 Å². The molecule has 4 atom stereocenters. The van der Waals surface area contributed by atoms with E-state index in [4.69, 9.17) is 0 Å². The number of thioether (sulfide) groups is 1. The Morgan fingerprint density at radius 3 is 2.60 bits per heavy atom. The summed E-state index contributed by atoms with van der Waals surface area (Å²) >= 11 is 2.01. The molecule has 0 radical (unpaired) electrons. The van der Waals surface area contributed by atoms with Crippen LogP contribution in [0.1, 0.15) is 38.7 Å². The zero-order valence-electron chi connectivity index (χ0n) is 13.4. The monoisotopic (exact) mass is 291 g/mol. The molecule has 0 spiro atoms. The Bertz CT molecular complexity index is 418. The lowest BCUT2D eigenvalue weighted by atomic mass is 9.73. The third kappa shape index (κ3) is 4.02. The Morgan fingerprint density at radius 2 is 1.95 bits per heavy atom. The fourth-order valence-electron chi connectivity index (χ4n) is 3.31. The molecule has 20 heavy (non-hydrogen) atoms. The molecule has 1 aliphatic carbocycles. The minimum absolute atomic E-state index is 0.648. The maximum Gasteiger partial charge on any atom is 0.0187 e. The highest BCUT2D eigenvalue weighted by molar-refractivity contribution is 7.99. The Kier molecular flexibility index (Phi) is 5.98. The first-order valence-electron chi connectivity index (χ1n) is 7.97. The number of rotatable bonds is 5. The van der Waals surface area contributed by atoms with Gasteiger partial charge in [-0.3, -0.25) is 0 Å². The molecule has 1 fully saturated rings. The van der Waals surface area contributed by atoms with Gasteiger partial charge in [-0.2, -0.15) is 0 Å². The minimum Gasteiger partial charge on any atom is -0.316 e. The number of aryl methyl sites for hydroxylation is 1. The molecule has 2 rings (SSSR count). The number of hydrogen-bond acceptors (Lipinski definition) is 2. The van der Waals surface area contributed by atoms with E-state index in [9.17, 15) is 0 Å². The second-order valence-electron chi connectivity index (χ2n) is 6.50. The third-order valence-corrected chi connectivity index (χ3v) is 6.39. The molecule has 1 saturated carbocycles. The zero-order valence-corrected chi connectivity index (χ0v) is 14.2. The maximum absolute atomic E-state index is 3.58. The van der Waals surface area contributed by atoms with Crippen LogP contribution in [-0.2, 0) is 0 Å². The van der Waals surface area contributed by atoms with Gasteiger partial charge in [-0.15, -0.1) is 11.8 Å². The topological polar surface area (TPSA) is 12.0 Å². The molecule has 1 nitrogen and oxygen atoms in total. The van der Waals surface area contributed by atoms with E-state index in [2.05, 4.69) is 57.4 Å². The summed E-state index contributed by atoms with van der Waals surface area (Å²) in [6.45, 7) is 7.05. The average Bonchev–Trinajstić information content (AvgIpc) is 2.45. The van der Waals surface area contributed by atoms with Crippen molar-refractivity contribution in [1.82, 2.24) is 5.32 Å². The third-order valence-electron chi connectivity index (χ3n) is 5.09. The number of hydrogen-bond donors (Lipinski definition) is 1. The Hall–Kier alpha value is -0.470. The van der Waals surface area contributed by atoms with E-state index in [0.29, 0.717) is 6.04 Å². The summed E-state index contributed by atoms with van der Waals surface area (Å²) in [6, 6.07) is 9.38. The van der Waals surface area contributed by atoms with Gasteiger partial charge in [0.2, 0.25) is 0 Å². The predicted molar refractivity (Wildman–Crippen MR) is 90.4 cm³/mol. The summed E-state index contributed by atoms with van der Waals surface area (Å²) in [5.41, 5.74) is 1.40. The van der Waals surface area contributed by atoms with E-state index < -0.39 is 0 Å². The molecule has 0 aliphatic heterocycles. The first-order chi connectivity index (χ1) is 9.61. The van der Waals surface area contributed by atoms with Crippen molar-refractivity contribution in [2.75, 3.05) is 12.8 Å². The summed E-state index contributed by atoms with van der Waals surface area (Å²) in [7, 11) is 2.13. The molecule has 1 aliphatic rings. The summed E-state index contributed by atoms with van der Waals surface area (Å²) in [4.78, 5) is 1.44. The van der Waals surface area contributed by atoms with Gasteiger partial charge in [0.05, 0.1) is 0 Å². The van der Waals surface area contributed by atoms with Crippen LogP contribution in [0.5, 0.6) is 0 Å². The normalized spacial score (nSPS) is 28.3. The van der Waals surface area contributed by atoms with Crippen molar-refractivity contribution < 1.29 is 0 Å². The lowest BCUT2D eigenvalue weighted by Crippen LogP contribution is -2.39. The largest absolute Gasteiger partial charge is 0.316 e. The van der Waals surface area contributed by atoms with Crippen LogP contribution in [-0.4, -0.2) is 18.8 Å². The molecule has 0 amide bonds. The molecule has 0 bridgehead atoms. The molecule has 1 aromatic rings. The van der Waals surface area contributed by atoms with E-state index in [-0.39, 0.29) is 0 Å². The molecular formula is C18H29NS. The molecule has 2 heteroatoms. The van der Waals surface area contributed by atoms with Crippen molar-refractivity contribution in [3.63, 3.8) is 0 Å². The van der Waals surface area contributed by atoms with E-state index in [1.807, 2.05) is 11.8 Å². The highest BCUT2D eigenvalue weighted by Gasteiger charge is 2.29. The fourth-order valence-corrected chi connectivity index (χ4v) is 4.58. The zero-order chi connectivity index (χ0) is 14.5. The first kappa shape index (κ1) is 15.9. The first-order valence-corrected chi connectivity index (χ1v) is 8.96. The summed E-state index contributed by atoms with van der Waals surface area (Å²) in [5, 5.41) is 3.58. The van der Waals surface area contributed by atoms with Crippen molar-refractivity contribution in [3.05, 3.63) is 29.8 Å². The lowest BCUT2D eigenvalue weighted by Gasteiger charge is -2.36. The van der Waals surface area contributed by atoms with Crippen molar-refractivity contribution in [2.24, 2.45) is 17.8 Å². The summed E-state index contributed by atoms with van der Waals surface area (Å²) in [5.74, 6) is 3.83. The Balaban J connectivity index is 1.91. The molecule has 112 valence electrons. The van der Waals surface area contributed by atoms with E-state index in [0.717, 1.165) is 17.8 Å². The van der Waals surface area contributed by atoms with Crippen molar-refractivity contribution >= 4 is 11.8 Å². The van der Waals surface area contributed by atoms with Gasteiger partial charge in [-0.25, -0.2) is 0 Å². The van der Waals surface area contributed by atoms with Crippen molar-refractivity contribution in [3.8, 4) is 0 Å². The van der Waals surface area contributed by atoms with Gasteiger partial charge in [0.1, 0.15) is 0 Å². The standard InChI is InChI=1S/C18H29NS/c1-13-9-10-16(11-15(13)3)17(19-4)12-20-18-8-6-5-7-14(18)2/h5-8,13,15-17,19H,9-12H2,1-4H3. The Morgan fingerprint density at radius 1 is 1.20 bits per heavy atom. The van der Waals surface area contributed by atoms with Crippen molar-refractivity contribution in [2.45, 2.75) is 51.0 Å². The highest BCUT2D eigenvalue weighted by atomic mass is 32.2. The van der Waals surface area contributed by atoms with E-state index in [1.54, 1.807) is 0 Å². The highest BCUT2D eigenvalue weighted by Crippen LogP contribution is 2.36. The smallest absolute Gasteiger partial charge is 0.0187 e. The van der Waals surface area contributed by atoms with Gasteiger partial charge in [-0.1, -0.05) is 38.5 Å². The maximum atomic E-state index is 3.58. The lowest BCUT2D eigenvalue weighted by molar-refractivity contribution is 0.181. The average molecular weight is 292 g/mol. The second-order valence-corrected chi connectivity index (χ2v) is 7.56. The minimum atomic E-state index is 0.648. The number of nitrogens with one attached hydrogen (secondary N) is 1. The second kappa shape index (κ2) is 7.51. The van der Waals surface area contributed by atoms with Crippen LogP contribution in [0.2, 0.25) is 0 Å². The van der Waals surface area contributed by atoms with E-state index in [1.165, 1.54) is 35.5 Å². The molecule has 1 N–H and O–H groups in total. The molecule has 4 unspecified atom stereocenters. The van der Waals surface area contributed by atoms with Crippen LogP contribution < -0.4 is 5.32 Å². The quantitative estimate of drug-likeness (QED) is 0.786. The van der Waals surface area contributed by atoms with Gasteiger partial charge in [-0.05, 0) is 56.2 Å². The number of benzene rings is 1. The fraction of sp³-hybridized carbons (Fsp3) is 0.667. The van der Waals surface area contributed by atoms with Crippen molar-refractivity contribution in [1.29, 1.82) is 0 Å². The van der Waals surface area contributed by atoms with E-state index >= 15 is 0 Å². The molecule has 0 aromatic heterocycles. The van der Waals surface area contributed by atoms with Crippen LogP contribution in [0.4, 0.5) is 0 Å². The summed E-state index contributed by atoms with van der Waals surface area (Å²) < 4.78 is 0. The van der Waals surface area contributed by atoms with Gasteiger partial charge in [0.25, 0.3) is 0 Å². The Labute approximate surface area is 128 Å². The predicted octanol–water partition coefficient (Wildman–Crippen LogP) is 4.75. The van der Waals surface area contributed by atoms with Gasteiger partial charge in [0.15, 0.2) is 0 Å². The van der Waals surface area contributed by atoms with Gasteiger partial charge in [0, 0.05) is 16.7 Å². The van der Waals surface area contributed by atoms with Crippen LogP contribution >= 0.6 is 11.8 Å². The molecule has 1 aromatic carbocycles. The van der Waals surface area contributed by atoms with Crippen LogP contribution in [0.25, 0.3) is 0 Å². The molecule has 0 saturated heterocycles.